The standard InChI is InChI=1S/C19H34N4OS.HI/c1-15(2)6-10-24-11-8-21-19(20-4)22-13-16(3)23-9-5-18-17(14-23)7-12-25-18;/h7,12,15-16H,5-6,8-11,13-14H2,1-4H3,(H2,20,21,22);1H. The summed E-state index contributed by atoms with van der Waals surface area (Å²) < 4.78 is 5.63. The van der Waals surface area contributed by atoms with E-state index in [0.29, 0.717) is 12.0 Å². The normalized spacial score (nSPS) is 16.1. The number of fused-ring (bicyclic) bond motifs is 1. The fraction of sp³-hybridized carbons (Fsp3) is 0.737. The van der Waals surface area contributed by atoms with Crippen molar-refractivity contribution in [1.82, 2.24) is 15.5 Å². The molecule has 1 unspecified atom stereocenters. The van der Waals surface area contributed by atoms with E-state index in [1.54, 1.807) is 4.88 Å². The first-order valence-corrected chi connectivity index (χ1v) is 10.3. The lowest BCUT2D eigenvalue weighted by Gasteiger charge is -2.32. The molecule has 1 atom stereocenters. The van der Waals surface area contributed by atoms with Crippen molar-refractivity contribution >= 4 is 41.3 Å². The molecule has 2 N–H and O–H groups in total. The van der Waals surface area contributed by atoms with Crippen molar-refractivity contribution in [2.24, 2.45) is 10.9 Å². The quantitative estimate of drug-likeness (QED) is 0.239. The van der Waals surface area contributed by atoms with Gasteiger partial charge in [-0.2, -0.15) is 0 Å². The lowest BCUT2D eigenvalue weighted by molar-refractivity contribution is 0.128. The first kappa shape index (κ1) is 23.7. The van der Waals surface area contributed by atoms with Crippen LogP contribution in [0.15, 0.2) is 16.4 Å². The summed E-state index contributed by atoms with van der Waals surface area (Å²) in [6, 6.07) is 2.75. The molecule has 26 heavy (non-hydrogen) atoms. The molecular weight excluding hydrogens is 459 g/mol. The van der Waals surface area contributed by atoms with Gasteiger partial charge in [-0.15, -0.1) is 35.3 Å². The summed E-state index contributed by atoms with van der Waals surface area (Å²) in [5.74, 6) is 1.55. The average Bonchev–Trinajstić information content (AvgIpc) is 3.07. The summed E-state index contributed by atoms with van der Waals surface area (Å²) in [5.41, 5.74) is 1.50. The molecule has 0 bridgehead atoms. The second-order valence-corrected chi connectivity index (χ2v) is 8.11. The van der Waals surface area contributed by atoms with Crippen LogP contribution < -0.4 is 10.6 Å². The number of guanidine groups is 1. The van der Waals surface area contributed by atoms with Gasteiger partial charge in [0.2, 0.25) is 0 Å². The number of rotatable bonds is 9. The van der Waals surface area contributed by atoms with E-state index < -0.39 is 0 Å². The molecule has 0 aliphatic carbocycles. The average molecular weight is 494 g/mol. The SMILES string of the molecule is CN=C(NCCOCCC(C)C)NCC(C)N1CCc2sccc2C1.I. The minimum absolute atomic E-state index is 0. The maximum Gasteiger partial charge on any atom is 0.191 e. The molecule has 0 saturated heterocycles. The fourth-order valence-corrected chi connectivity index (χ4v) is 3.79. The van der Waals surface area contributed by atoms with Crippen LogP contribution in [-0.2, 0) is 17.7 Å². The third kappa shape index (κ3) is 8.10. The zero-order valence-electron chi connectivity index (χ0n) is 16.6. The predicted octanol–water partition coefficient (Wildman–Crippen LogP) is 3.34. The van der Waals surface area contributed by atoms with Crippen molar-refractivity contribution in [1.29, 1.82) is 0 Å². The second-order valence-electron chi connectivity index (χ2n) is 7.11. The Balaban J connectivity index is 0.00000338. The number of halogens is 1. The second kappa shape index (κ2) is 12.9. The molecule has 0 fully saturated rings. The molecule has 150 valence electrons. The Kier molecular flexibility index (Phi) is 11.7. The number of hydrogen-bond acceptors (Lipinski definition) is 4. The van der Waals surface area contributed by atoms with Crippen molar-refractivity contribution in [3.8, 4) is 0 Å². The molecule has 1 aliphatic heterocycles. The van der Waals surface area contributed by atoms with Crippen LogP contribution in [0.2, 0.25) is 0 Å². The highest BCUT2D eigenvalue weighted by Crippen LogP contribution is 2.24. The molecule has 0 radical (unpaired) electrons. The first-order valence-electron chi connectivity index (χ1n) is 9.41. The van der Waals surface area contributed by atoms with E-state index in [2.05, 4.69) is 52.7 Å². The molecular formula is C19H35IN4OS. The highest BCUT2D eigenvalue weighted by molar-refractivity contribution is 14.0. The van der Waals surface area contributed by atoms with Crippen molar-refractivity contribution < 1.29 is 4.74 Å². The van der Waals surface area contributed by atoms with Crippen LogP contribution >= 0.6 is 35.3 Å². The van der Waals surface area contributed by atoms with E-state index >= 15 is 0 Å². The number of ether oxygens (including phenoxy) is 1. The van der Waals surface area contributed by atoms with Crippen LogP contribution in [0.3, 0.4) is 0 Å². The number of thiophene rings is 1. The molecule has 2 rings (SSSR count). The molecule has 0 amide bonds. The zero-order chi connectivity index (χ0) is 18.1. The number of nitrogens with zero attached hydrogens (tertiary/aromatic N) is 2. The molecule has 1 aliphatic rings. The highest BCUT2D eigenvalue weighted by Gasteiger charge is 2.21. The fourth-order valence-electron chi connectivity index (χ4n) is 2.90. The smallest absolute Gasteiger partial charge is 0.191 e. The van der Waals surface area contributed by atoms with Crippen LogP contribution in [0.4, 0.5) is 0 Å². The van der Waals surface area contributed by atoms with Crippen molar-refractivity contribution in [2.75, 3.05) is 39.9 Å². The van der Waals surface area contributed by atoms with E-state index in [1.165, 1.54) is 12.0 Å². The maximum absolute atomic E-state index is 5.63. The molecule has 2 heterocycles. The van der Waals surface area contributed by atoms with Gasteiger partial charge in [0.15, 0.2) is 5.96 Å². The number of aliphatic imine (C=N–C) groups is 1. The molecule has 5 nitrogen and oxygen atoms in total. The topological polar surface area (TPSA) is 48.9 Å². The van der Waals surface area contributed by atoms with Crippen LogP contribution in [0.1, 0.15) is 37.6 Å². The summed E-state index contributed by atoms with van der Waals surface area (Å²) in [6.07, 6.45) is 2.30. The van der Waals surface area contributed by atoms with Gasteiger partial charge in [0.05, 0.1) is 6.61 Å². The van der Waals surface area contributed by atoms with Crippen molar-refractivity contribution in [2.45, 2.75) is 46.2 Å². The van der Waals surface area contributed by atoms with Gasteiger partial charge in [-0.25, -0.2) is 0 Å². The minimum Gasteiger partial charge on any atom is -0.380 e. The summed E-state index contributed by atoms with van der Waals surface area (Å²) >= 11 is 1.89. The van der Waals surface area contributed by atoms with Gasteiger partial charge in [-0.05, 0) is 42.7 Å². The third-order valence-electron chi connectivity index (χ3n) is 4.63. The Morgan fingerprint density at radius 2 is 2.12 bits per heavy atom. The van der Waals surface area contributed by atoms with Crippen LogP contribution in [-0.4, -0.2) is 56.8 Å². The Morgan fingerprint density at radius 1 is 1.31 bits per heavy atom. The van der Waals surface area contributed by atoms with Gasteiger partial charge in [0, 0.05) is 50.8 Å². The van der Waals surface area contributed by atoms with Crippen LogP contribution in [0.5, 0.6) is 0 Å². The van der Waals surface area contributed by atoms with Gasteiger partial charge in [0.1, 0.15) is 0 Å². The predicted molar refractivity (Wildman–Crippen MR) is 123 cm³/mol. The van der Waals surface area contributed by atoms with Crippen molar-refractivity contribution in [3.63, 3.8) is 0 Å². The molecule has 1 aromatic heterocycles. The first-order chi connectivity index (χ1) is 12.1. The van der Waals surface area contributed by atoms with Gasteiger partial charge in [-0.3, -0.25) is 9.89 Å². The van der Waals surface area contributed by atoms with E-state index in [-0.39, 0.29) is 24.0 Å². The van der Waals surface area contributed by atoms with Crippen LogP contribution in [0, 0.1) is 5.92 Å². The number of hydrogen-bond donors (Lipinski definition) is 2. The monoisotopic (exact) mass is 494 g/mol. The minimum atomic E-state index is 0. The van der Waals surface area contributed by atoms with E-state index in [0.717, 1.165) is 51.8 Å². The molecule has 7 heteroatoms. The molecule has 0 saturated carbocycles. The van der Waals surface area contributed by atoms with E-state index in [4.69, 9.17) is 4.74 Å². The summed E-state index contributed by atoms with van der Waals surface area (Å²) in [6.45, 7) is 12.2. The van der Waals surface area contributed by atoms with Crippen LogP contribution in [0.25, 0.3) is 0 Å². The van der Waals surface area contributed by atoms with Gasteiger partial charge in [0.25, 0.3) is 0 Å². The van der Waals surface area contributed by atoms with Gasteiger partial charge < -0.3 is 15.4 Å². The number of nitrogens with one attached hydrogen (secondary N) is 2. The lowest BCUT2D eigenvalue weighted by atomic mass is 10.1. The largest absolute Gasteiger partial charge is 0.380 e. The summed E-state index contributed by atoms with van der Waals surface area (Å²) in [7, 11) is 1.82. The van der Waals surface area contributed by atoms with E-state index in [9.17, 15) is 0 Å². The Hall–Kier alpha value is -0.380. The molecule has 0 spiro atoms. The molecule has 0 aromatic carbocycles. The Labute approximate surface area is 180 Å². The summed E-state index contributed by atoms with van der Waals surface area (Å²) in [4.78, 5) is 8.41. The lowest BCUT2D eigenvalue weighted by Crippen LogP contribution is -2.47. The van der Waals surface area contributed by atoms with Gasteiger partial charge >= 0.3 is 0 Å². The Bertz CT molecular complexity index is 535. The van der Waals surface area contributed by atoms with Crippen molar-refractivity contribution in [3.05, 3.63) is 21.9 Å². The summed E-state index contributed by atoms with van der Waals surface area (Å²) in [5, 5.41) is 8.98. The van der Waals surface area contributed by atoms with E-state index in [1.807, 2.05) is 18.4 Å². The van der Waals surface area contributed by atoms with Gasteiger partial charge in [-0.1, -0.05) is 13.8 Å². The molecule has 1 aromatic rings. The highest BCUT2D eigenvalue weighted by atomic mass is 127. The Morgan fingerprint density at radius 3 is 2.85 bits per heavy atom. The maximum atomic E-state index is 5.63. The third-order valence-corrected chi connectivity index (χ3v) is 5.65. The zero-order valence-corrected chi connectivity index (χ0v) is 19.7.